The molecule has 1 aromatic carbocycles. The van der Waals surface area contributed by atoms with Crippen LogP contribution in [0.5, 0.6) is 5.75 Å². The summed E-state index contributed by atoms with van der Waals surface area (Å²) in [5.41, 5.74) is 8.50. The minimum atomic E-state index is -0.113. The number of carbonyl (C=O) groups is 1. The van der Waals surface area contributed by atoms with Gasteiger partial charge in [0.1, 0.15) is 10.8 Å². The number of thiophene rings is 1. The summed E-state index contributed by atoms with van der Waals surface area (Å²) >= 11 is 1.45. The van der Waals surface area contributed by atoms with Gasteiger partial charge in [-0.3, -0.25) is 9.78 Å². The van der Waals surface area contributed by atoms with Gasteiger partial charge in [-0.15, -0.1) is 11.3 Å². The van der Waals surface area contributed by atoms with Gasteiger partial charge in [0.05, 0.1) is 19.2 Å². The number of aromatic nitrogens is 1. The third-order valence-electron chi connectivity index (χ3n) is 3.48. The molecule has 0 saturated heterocycles. The van der Waals surface area contributed by atoms with E-state index in [0.29, 0.717) is 10.7 Å². The zero-order valence-electron chi connectivity index (χ0n) is 13.2. The molecule has 6 heteroatoms. The first-order valence-corrected chi connectivity index (χ1v) is 8.20. The van der Waals surface area contributed by atoms with Gasteiger partial charge in [0, 0.05) is 17.3 Å². The van der Waals surface area contributed by atoms with Crippen LogP contribution < -0.4 is 15.8 Å². The molecule has 0 unspecified atom stereocenters. The van der Waals surface area contributed by atoms with Crippen LogP contribution in [0.15, 0.2) is 54.9 Å². The number of carbonyl (C=O) groups excluding carboxylic acids is 1. The van der Waals surface area contributed by atoms with Gasteiger partial charge in [-0.25, -0.2) is 0 Å². The fraction of sp³-hybridized carbons (Fsp3) is 0.111. The summed E-state index contributed by atoms with van der Waals surface area (Å²) in [5.74, 6) is 0.619. The molecule has 3 N–H and O–H groups in total. The van der Waals surface area contributed by atoms with Crippen LogP contribution in [0.4, 0.5) is 10.7 Å². The molecule has 0 radical (unpaired) electrons. The molecule has 0 aliphatic carbocycles. The highest BCUT2D eigenvalue weighted by Gasteiger charge is 2.12. The van der Waals surface area contributed by atoms with E-state index in [1.54, 1.807) is 19.5 Å². The monoisotopic (exact) mass is 339 g/mol. The standard InChI is InChI=1S/C18H17N3O2S/c1-23-14-4-2-3-12(9-14)10-17(22)21-18-15(19)11-16(24-18)13-5-7-20-8-6-13/h2-9,11H,10,19H2,1H3,(H,21,22). The smallest absolute Gasteiger partial charge is 0.229 e. The van der Waals surface area contributed by atoms with Crippen LogP contribution >= 0.6 is 11.3 Å². The molecule has 0 aliphatic rings. The van der Waals surface area contributed by atoms with Gasteiger partial charge < -0.3 is 15.8 Å². The third-order valence-corrected chi connectivity index (χ3v) is 4.59. The van der Waals surface area contributed by atoms with E-state index in [4.69, 9.17) is 10.5 Å². The Morgan fingerprint density at radius 2 is 2.04 bits per heavy atom. The van der Waals surface area contributed by atoms with Crippen molar-refractivity contribution in [2.75, 3.05) is 18.2 Å². The number of nitrogens with one attached hydrogen (secondary N) is 1. The Bertz CT molecular complexity index is 846. The fourth-order valence-corrected chi connectivity index (χ4v) is 3.30. The van der Waals surface area contributed by atoms with Crippen LogP contribution in [-0.2, 0) is 11.2 Å². The van der Waals surface area contributed by atoms with Gasteiger partial charge in [0.25, 0.3) is 0 Å². The van der Waals surface area contributed by atoms with Crippen molar-refractivity contribution in [2.24, 2.45) is 0 Å². The lowest BCUT2D eigenvalue weighted by Crippen LogP contribution is -2.14. The van der Waals surface area contributed by atoms with Gasteiger partial charge >= 0.3 is 0 Å². The number of amides is 1. The summed E-state index contributed by atoms with van der Waals surface area (Å²) in [5, 5.41) is 3.55. The Hall–Kier alpha value is -2.86. The average Bonchev–Trinajstić information content (AvgIpc) is 2.96. The first-order valence-electron chi connectivity index (χ1n) is 7.38. The quantitative estimate of drug-likeness (QED) is 0.745. The minimum Gasteiger partial charge on any atom is -0.497 e. The number of nitrogens with two attached hydrogens (primary N) is 1. The van der Waals surface area contributed by atoms with Crippen LogP contribution in [0.1, 0.15) is 5.56 Å². The molecule has 2 aromatic heterocycles. The zero-order valence-corrected chi connectivity index (χ0v) is 14.0. The van der Waals surface area contributed by atoms with E-state index in [1.807, 2.05) is 42.5 Å². The van der Waals surface area contributed by atoms with Gasteiger partial charge in [-0.05, 0) is 41.5 Å². The number of nitrogen functional groups attached to an aromatic ring is 1. The van der Waals surface area contributed by atoms with E-state index in [-0.39, 0.29) is 12.3 Å². The lowest BCUT2D eigenvalue weighted by molar-refractivity contribution is -0.115. The molecule has 0 fully saturated rings. The number of anilines is 2. The molecule has 0 atom stereocenters. The normalized spacial score (nSPS) is 10.4. The van der Waals surface area contributed by atoms with Crippen molar-refractivity contribution in [1.29, 1.82) is 0 Å². The number of benzene rings is 1. The molecule has 24 heavy (non-hydrogen) atoms. The molecule has 2 heterocycles. The minimum absolute atomic E-state index is 0.113. The van der Waals surface area contributed by atoms with E-state index in [1.165, 1.54) is 11.3 Å². The molecule has 0 bridgehead atoms. The van der Waals surface area contributed by atoms with Gasteiger partial charge in [-0.2, -0.15) is 0 Å². The van der Waals surface area contributed by atoms with Crippen LogP contribution in [0, 0.1) is 0 Å². The summed E-state index contributed by atoms with van der Waals surface area (Å²) in [6.07, 6.45) is 3.72. The summed E-state index contributed by atoms with van der Waals surface area (Å²) in [4.78, 5) is 17.3. The first-order chi connectivity index (χ1) is 11.7. The molecule has 122 valence electrons. The SMILES string of the molecule is COc1cccc(CC(=O)Nc2sc(-c3ccncc3)cc2N)c1. The van der Waals surface area contributed by atoms with Gasteiger partial charge in [0.15, 0.2) is 0 Å². The Morgan fingerprint density at radius 1 is 1.25 bits per heavy atom. The molecule has 0 spiro atoms. The fourth-order valence-electron chi connectivity index (χ4n) is 2.30. The Balaban J connectivity index is 1.71. The predicted octanol–water partition coefficient (Wildman–Crippen LogP) is 3.58. The summed E-state index contributed by atoms with van der Waals surface area (Å²) in [6.45, 7) is 0. The van der Waals surface area contributed by atoms with Crippen molar-refractivity contribution in [1.82, 2.24) is 4.98 Å². The molecule has 3 aromatic rings. The number of nitrogens with zero attached hydrogens (tertiary/aromatic N) is 1. The van der Waals surface area contributed by atoms with Crippen LogP contribution in [-0.4, -0.2) is 18.0 Å². The highest BCUT2D eigenvalue weighted by molar-refractivity contribution is 7.20. The van der Waals surface area contributed by atoms with Crippen molar-refractivity contribution in [3.63, 3.8) is 0 Å². The highest BCUT2D eigenvalue weighted by Crippen LogP contribution is 2.37. The molecule has 0 saturated carbocycles. The average molecular weight is 339 g/mol. The third kappa shape index (κ3) is 3.72. The summed E-state index contributed by atoms with van der Waals surface area (Å²) in [6, 6.07) is 13.1. The van der Waals surface area contributed by atoms with E-state index in [2.05, 4.69) is 10.3 Å². The maximum absolute atomic E-state index is 12.3. The van der Waals surface area contributed by atoms with Crippen molar-refractivity contribution < 1.29 is 9.53 Å². The Labute approximate surface area is 144 Å². The van der Waals surface area contributed by atoms with Crippen LogP contribution in [0.3, 0.4) is 0 Å². The number of ether oxygens (including phenoxy) is 1. The zero-order chi connectivity index (χ0) is 16.9. The van der Waals surface area contributed by atoms with E-state index in [9.17, 15) is 4.79 Å². The molecule has 3 rings (SSSR count). The topological polar surface area (TPSA) is 77.2 Å². The molecule has 1 amide bonds. The number of hydrogen-bond acceptors (Lipinski definition) is 5. The first kappa shape index (κ1) is 16.0. The van der Waals surface area contributed by atoms with E-state index < -0.39 is 0 Å². The lowest BCUT2D eigenvalue weighted by Gasteiger charge is -2.06. The largest absolute Gasteiger partial charge is 0.497 e. The molecule has 5 nitrogen and oxygen atoms in total. The number of pyridine rings is 1. The van der Waals surface area contributed by atoms with Gasteiger partial charge in [-0.1, -0.05) is 12.1 Å². The second-order valence-corrected chi connectivity index (χ2v) is 6.26. The number of methoxy groups -OCH3 is 1. The van der Waals surface area contributed by atoms with Gasteiger partial charge in [0.2, 0.25) is 5.91 Å². The van der Waals surface area contributed by atoms with Crippen molar-refractivity contribution >= 4 is 27.9 Å². The van der Waals surface area contributed by atoms with Crippen LogP contribution in [0.25, 0.3) is 10.4 Å². The second-order valence-electron chi connectivity index (χ2n) is 5.21. The highest BCUT2D eigenvalue weighted by atomic mass is 32.1. The van der Waals surface area contributed by atoms with E-state index in [0.717, 1.165) is 21.8 Å². The number of rotatable bonds is 5. The Morgan fingerprint density at radius 3 is 2.79 bits per heavy atom. The summed E-state index contributed by atoms with van der Waals surface area (Å²) < 4.78 is 5.17. The summed E-state index contributed by atoms with van der Waals surface area (Å²) in [7, 11) is 1.60. The van der Waals surface area contributed by atoms with E-state index >= 15 is 0 Å². The number of hydrogen-bond donors (Lipinski definition) is 2. The van der Waals surface area contributed by atoms with Crippen molar-refractivity contribution in [2.45, 2.75) is 6.42 Å². The second kappa shape index (κ2) is 7.14. The van der Waals surface area contributed by atoms with Crippen molar-refractivity contribution in [3.05, 3.63) is 60.4 Å². The predicted molar refractivity (Wildman–Crippen MR) is 97.3 cm³/mol. The Kier molecular flexibility index (Phi) is 4.77. The molecular formula is C18H17N3O2S. The maximum atomic E-state index is 12.3. The lowest BCUT2D eigenvalue weighted by atomic mass is 10.1. The van der Waals surface area contributed by atoms with Crippen LogP contribution in [0.2, 0.25) is 0 Å². The molecule has 0 aliphatic heterocycles. The van der Waals surface area contributed by atoms with Crippen molar-refractivity contribution in [3.8, 4) is 16.2 Å². The maximum Gasteiger partial charge on any atom is 0.229 e. The molecular weight excluding hydrogens is 322 g/mol.